The summed E-state index contributed by atoms with van der Waals surface area (Å²) in [6, 6.07) is 9.24. The van der Waals surface area contributed by atoms with Crippen LogP contribution in [0.3, 0.4) is 0 Å². The lowest BCUT2D eigenvalue weighted by Crippen LogP contribution is -2.36. The van der Waals surface area contributed by atoms with Crippen LogP contribution in [0, 0.1) is 11.8 Å². The molecule has 0 amide bonds. The van der Waals surface area contributed by atoms with Gasteiger partial charge in [0, 0.05) is 19.7 Å². The molecule has 106 valence electrons. The molecule has 3 atom stereocenters. The largest absolute Gasteiger partial charge is 0.380 e. The molecule has 19 heavy (non-hydrogen) atoms. The molecule has 0 spiro atoms. The van der Waals surface area contributed by atoms with E-state index in [0.717, 1.165) is 18.4 Å². The normalized spacial score (nSPS) is 27.4. The summed E-state index contributed by atoms with van der Waals surface area (Å²) in [4.78, 5) is 0. The summed E-state index contributed by atoms with van der Waals surface area (Å²) in [6.45, 7) is 6.44. The molecule has 0 bridgehead atoms. The van der Waals surface area contributed by atoms with Gasteiger partial charge >= 0.3 is 0 Å². The molecular weight excluding hydrogens is 234 g/mol. The van der Waals surface area contributed by atoms with E-state index in [1.54, 1.807) is 7.11 Å². The van der Waals surface area contributed by atoms with Crippen LogP contribution in [0.25, 0.3) is 0 Å². The minimum atomic E-state index is 0.682. The first-order valence-electron chi connectivity index (χ1n) is 7.49. The number of hydrogen-bond donors (Lipinski definition) is 1. The van der Waals surface area contributed by atoms with Gasteiger partial charge in [0.25, 0.3) is 0 Å². The molecule has 0 saturated heterocycles. The first kappa shape index (κ1) is 14.5. The van der Waals surface area contributed by atoms with Crippen LogP contribution in [0.5, 0.6) is 0 Å². The van der Waals surface area contributed by atoms with Gasteiger partial charge in [-0.1, -0.05) is 38.1 Å². The van der Waals surface area contributed by atoms with Gasteiger partial charge in [0.2, 0.25) is 0 Å². The fourth-order valence-corrected chi connectivity index (χ4v) is 3.01. The number of rotatable bonds is 5. The summed E-state index contributed by atoms with van der Waals surface area (Å²) in [5.41, 5.74) is 2.67. The number of ether oxygens (including phenoxy) is 1. The monoisotopic (exact) mass is 261 g/mol. The Balaban J connectivity index is 1.88. The number of methoxy groups -OCH3 is 1. The van der Waals surface area contributed by atoms with E-state index in [0.29, 0.717) is 12.6 Å². The SMILES string of the molecule is COCc1ccccc1CNC1CCC(C)C(C)C1. The highest BCUT2D eigenvalue weighted by Crippen LogP contribution is 2.29. The lowest BCUT2D eigenvalue weighted by molar-refractivity contribution is 0.183. The molecule has 1 aromatic rings. The summed E-state index contributed by atoms with van der Waals surface area (Å²) in [6.07, 6.45) is 3.99. The van der Waals surface area contributed by atoms with E-state index >= 15 is 0 Å². The summed E-state index contributed by atoms with van der Waals surface area (Å²) in [7, 11) is 1.76. The van der Waals surface area contributed by atoms with Crippen molar-refractivity contribution in [3.8, 4) is 0 Å². The third-order valence-corrected chi connectivity index (χ3v) is 4.60. The summed E-state index contributed by atoms with van der Waals surface area (Å²) in [5.74, 6) is 1.74. The van der Waals surface area contributed by atoms with Crippen LogP contribution in [0.4, 0.5) is 0 Å². The van der Waals surface area contributed by atoms with E-state index in [9.17, 15) is 0 Å². The summed E-state index contributed by atoms with van der Waals surface area (Å²) in [5, 5.41) is 3.73. The second kappa shape index (κ2) is 7.06. The Bertz CT molecular complexity index is 391. The Kier molecular flexibility index (Phi) is 5.41. The molecular formula is C17H27NO. The highest BCUT2D eigenvalue weighted by atomic mass is 16.5. The first-order valence-corrected chi connectivity index (χ1v) is 7.49. The molecule has 2 heteroatoms. The smallest absolute Gasteiger partial charge is 0.0716 e. The molecule has 0 aromatic heterocycles. The molecule has 1 aliphatic rings. The average molecular weight is 261 g/mol. The molecule has 1 N–H and O–H groups in total. The van der Waals surface area contributed by atoms with E-state index in [2.05, 4.69) is 43.4 Å². The van der Waals surface area contributed by atoms with Crippen LogP contribution in [-0.4, -0.2) is 13.2 Å². The van der Waals surface area contributed by atoms with Gasteiger partial charge in [-0.3, -0.25) is 0 Å². The van der Waals surface area contributed by atoms with Crippen molar-refractivity contribution in [2.45, 2.75) is 52.3 Å². The Morgan fingerprint density at radius 1 is 1.11 bits per heavy atom. The minimum Gasteiger partial charge on any atom is -0.380 e. The Labute approximate surface area is 117 Å². The van der Waals surface area contributed by atoms with Crippen molar-refractivity contribution in [3.63, 3.8) is 0 Å². The van der Waals surface area contributed by atoms with Gasteiger partial charge in [0.15, 0.2) is 0 Å². The van der Waals surface area contributed by atoms with Gasteiger partial charge in [0.1, 0.15) is 0 Å². The third kappa shape index (κ3) is 4.05. The van der Waals surface area contributed by atoms with E-state index in [4.69, 9.17) is 4.74 Å². The van der Waals surface area contributed by atoms with E-state index < -0.39 is 0 Å². The molecule has 1 fully saturated rings. The second-order valence-electron chi connectivity index (χ2n) is 6.05. The standard InChI is InChI=1S/C17H27NO/c1-13-8-9-17(10-14(13)2)18-11-15-6-4-5-7-16(15)12-19-3/h4-7,13-14,17-18H,8-12H2,1-3H3. The molecule has 3 unspecified atom stereocenters. The van der Waals surface area contributed by atoms with E-state index in [1.165, 1.54) is 30.4 Å². The fraction of sp³-hybridized carbons (Fsp3) is 0.647. The number of benzene rings is 1. The highest BCUT2D eigenvalue weighted by molar-refractivity contribution is 5.26. The molecule has 1 aromatic carbocycles. The minimum absolute atomic E-state index is 0.682. The molecule has 0 heterocycles. The number of nitrogens with one attached hydrogen (secondary N) is 1. The van der Waals surface area contributed by atoms with Crippen molar-refractivity contribution in [1.29, 1.82) is 0 Å². The maximum Gasteiger partial charge on any atom is 0.0716 e. The highest BCUT2D eigenvalue weighted by Gasteiger charge is 2.24. The first-order chi connectivity index (χ1) is 9.20. The van der Waals surface area contributed by atoms with Crippen LogP contribution in [0.1, 0.15) is 44.2 Å². The third-order valence-electron chi connectivity index (χ3n) is 4.60. The molecule has 1 aliphatic carbocycles. The predicted octanol–water partition coefficient (Wildman–Crippen LogP) is 3.75. The van der Waals surface area contributed by atoms with Crippen molar-refractivity contribution in [2.24, 2.45) is 11.8 Å². The van der Waals surface area contributed by atoms with Gasteiger partial charge in [0.05, 0.1) is 6.61 Å². The topological polar surface area (TPSA) is 21.3 Å². The maximum atomic E-state index is 5.26. The van der Waals surface area contributed by atoms with Crippen molar-refractivity contribution in [2.75, 3.05) is 7.11 Å². The van der Waals surface area contributed by atoms with Crippen molar-refractivity contribution in [3.05, 3.63) is 35.4 Å². The van der Waals surface area contributed by atoms with Gasteiger partial charge < -0.3 is 10.1 Å². The van der Waals surface area contributed by atoms with Gasteiger partial charge in [-0.25, -0.2) is 0 Å². The molecule has 2 nitrogen and oxygen atoms in total. The van der Waals surface area contributed by atoms with Crippen LogP contribution in [0.15, 0.2) is 24.3 Å². The Hall–Kier alpha value is -0.860. The molecule has 1 saturated carbocycles. The van der Waals surface area contributed by atoms with Crippen LogP contribution < -0.4 is 5.32 Å². The van der Waals surface area contributed by atoms with Crippen molar-refractivity contribution in [1.82, 2.24) is 5.32 Å². The average Bonchev–Trinajstić information content (AvgIpc) is 2.42. The van der Waals surface area contributed by atoms with Crippen LogP contribution in [0.2, 0.25) is 0 Å². The zero-order valence-electron chi connectivity index (χ0n) is 12.5. The van der Waals surface area contributed by atoms with Crippen LogP contribution >= 0.6 is 0 Å². The van der Waals surface area contributed by atoms with Gasteiger partial charge in [-0.05, 0) is 42.2 Å². The maximum absolute atomic E-state index is 5.26. The summed E-state index contributed by atoms with van der Waals surface area (Å²) < 4.78 is 5.26. The zero-order valence-corrected chi connectivity index (χ0v) is 12.5. The molecule has 2 rings (SSSR count). The van der Waals surface area contributed by atoms with E-state index in [1.807, 2.05) is 0 Å². The lowest BCUT2D eigenvalue weighted by Gasteiger charge is -2.32. The van der Waals surface area contributed by atoms with Crippen molar-refractivity contribution >= 4 is 0 Å². The Morgan fingerprint density at radius 2 is 1.84 bits per heavy atom. The predicted molar refractivity (Wildman–Crippen MR) is 80.0 cm³/mol. The van der Waals surface area contributed by atoms with Crippen LogP contribution in [-0.2, 0) is 17.9 Å². The second-order valence-corrected chi connectivity index (χ2v) is 6.05. The van der Waals surface area contributed by atoms with Gasteiger partial charge in [-0.2, -0.15) is 0 Å². The number of hydrogen-bond acceptors (Lipinski definition) is 2. The zero-order chi connectivity index (χ0) is 13.7. The fourth-order valence-electron chi connectivity index (χ4n) is 3.01. The molecule has 0 radical (unpaired) electrons. The molecule has 0 aliphatic heterocycles. The van der Waals surface area contributed by atoms with Crippen molar-refractivity contribution < 1.29 is 4.74 Å². The Morgan fingerprint density at radius 3 is 2.53 bits per heavy atom. The van der Waals surface area contributed by atoms with E-state index in [-0.39, 0.29) is 0 Å². The summed E-state index contributed by atoms with van der Waals surface area (Å²) >= 11 is 0. The van der Waals surface area contributed by atoms with Gasteiger partial charge in [-0.15, -0.1) is 0 Å². The quantitative estimate of drug-likeness (QED) is 0.871. The lowest BCUT2D eigenvalue weighted by atomic mass is 9.79.